The zero-order valence-corrected chi connectivity index (χ0v) is 17.2. The van der Waals surface area contributed by atoms with Crippen molar-refractivity contribution >= 4 is 34.0 Å². The maximum Gasteiger partial charge on any atom is 0.231 e. The Morgan fingerprint density at radius 2 is 1.87 bits per heavy atom. The Hall–Kier alpha value is -3.13. The summed E-state index contributed by atoms with van der Waals surface area (Å²) < 4.78 is 26.7. The van der Waals surface area contributed by atoms with Crippen LogP contribution in [0.15, 0.2) is 42.5 Å². The standard InChI is InChI=1S/C22H19F2N3O2S/c1-12-3-6-16(7-4-12)27-11-15(10-19(27)28)21(29)26-22-25-20(13(2)30-22)14-5-8-17(23)18(24)9-14/h3-9,15H,10-11H2,1-2H3,(H,25,26,29). The number of hydrogen-bond donors (Lipinski definition) is 1. The first-order valence-electron chi connectivity index (χ1n) is 9.42. The van der Waals surface area contributed by atoms with Crippen LogP contribution in [0.5, 0.6) is 0 Å². The number of hydrogen-bond acceptors (Lipinski definition) is 4. The molecular weight excluding hydrogens is 408 g/mol. The molecule has 0 spiro atoms. The Balaban J connectivity index is 1.47. The maximum atomic E-state index is 13.5. The van der Waals surface area contributed by atoms with Crippen molar-refractivity contribution < 1.29 is 18.4 Å². The number of anilines is 2. The fourth-order valence-corrected chi connectivity index (χ4v) is 4.26. The number of amides is 2. The minimum atomic E-state index is -0.953. The summed E-state index contributed by atoms with van der Waals surface area (Å²) in [4.78, 5) is 31.9. The van der Waals surface area contributed by atoms with Gasteiger partial charge in [-0.2, -0.15) is 0 Å². The first-order chi connectivity index (χ1) is 14.3. The molecule has 1 N–H and O–H groups in total. The topological polar surface area (TPSA) is 62.3 Å². The van der Waals surface area contributed by atoms with Crippen molar-refractivity contribution in [1.29, 1.82) is 0 Å². The molecule has 5 nitrogen and oxygen atoms in total. The molecule has 1 unspecified atom stereocenters. The molecule has 2 amide bonds. The number of rotatable bonds is 4. The van der Waals surface area contributed by atoms with E-state index in [2.05, 4.69) is 10.3 Å². The Morgan fingerprint density at radius 3 is 2.57 bits per heavy atom. The molecule has 1 atom stereocenters. The average Bonchev–Trinajstić information content (AvgIpc) is 3.27. The van der Waals surface area contributed by atoms with Crippen molar-refractivity contribution in [3.8, 4) is 11.3 Å². The van der Waals surface area contributed by atoms with Crippen molar-refractivity contribution in [2.24, 2.45) is 5.92 Å². The molecule has 8 heteroatoms. The van der Waals surface area contributed by atoms with Crippen LogP contribution in [0.2, 0.25) is 0 Å². The van der Waals surface area contributed by atoms with E-state index in [1.807, 2.05) is 31.2 Å². The van der Waals surface area contributed by atoms with E-state index >= 15 is 0 Å². The van der Waals surface area contributed by atoms with Crippen molar-refractivity contribution in [1.82, 2.24) is 4.98 Å². The number of aryl methyl sites for hydroxylation is 2. The largest absolute Gasteiger partial charge is 0.312 e. The number of nitrogens with one attached hydrogen (secondary N) is 1. The highest BCUT2D eigenvalue weighted by Gasteiger charge is 2.35. The van der Waals surface area contributed by atoms with Crippen LogP contribution in [0.3, 0.4) is 0 Å². The molecule has 2 heterocycles. The molecule has 1 saturated heterocycles. The molecule has 154 valence electrons. The lowest BCUT2D eigenvalue weighted by molar-refractivity contribution is -0.122. The van der Waals surface area contributed by atoms with Crippen LogP contribution in [0.4, 0.5) is 19.6 Å². The third kappa shape index (κ3) is 3.95. The molecular formula is C22H19F2N3O2S. The van der Waals surface area contributed by atoms with Gasteiger partial charge in [-0.3, -0.25) is 9.59 Å². The van der Waals surface area contributed by atoms with Crippen LogP contribution in [0.1, 0.15) is 16.9 Å². The van der Waals surface area contributed by atoms with Crippen molar-refractivity contribution in [2.75, 3.05) is 16.8 Å². The summed E-state index contributed by atoms with van der Waals surface area (Å²) >= 11 is 1.25. The SMILES string of the molecule is Cc1ccc(N2CC(C(=O)Nc3nc(-c4ccc(F)c(F)c4)c(C)s3)CC2=O)cc1. The second-order valence-corrected chi connectivity index (χ2v) is 8.49. The highest BCUT2D eigenvalue weighted by Crippen LogP contribution is 2.32. The van der Waals surface area contributed by atoms with Gasteiger partial charge >= 0.3 is 0 Å². The van der Waals surface area contributed by atoms with Gasteiger partial charge in [0.15, 0.2) is 16.8 Å². The normalized spacial score (nSPS) is 16.2. The van der Waals surface area contributed by atoms with E-state index in [4.69, 9.17) is 0 Å². The summed E-state index contributed by atoms with van der Waals surface area (Å²) in [6.07, 6.45) is 0.125. The van der Waals surface area contributed by atoms with E-state index in [-0.39, 0.29) is 18.2 Å². The molecule has 0 saturated carbocycles. The molecule has 30 heavy (non-hydrogen) atoms. The lowest BCUT2D eigenvalue weighted by Crippen LogP contribution is -2.28. The van der Waals surface area contributed by atoms with E-state index in [1.165, 1.54) is 17.4 Å². The van der Waals surface area contributed by atoms with Gasteiger partial charge in [0.05, 0.1) is 11.6 Å². The number of aromatic nitrogens is 1. The Labute approximate surface area is 176 Å². The molecule has 4 rings (SSSR count). The van der Waals surface area contributed by atoms with Gasteiger partial charge in [-0.25, -0.2) is 13.8 Å². The lowest BCUT2D eigenvalue weighted by atomic mass is 10.1. The monoisotopic (exact) mass is 427 g/mol. The third-order valence-corrected chi connectivity index (χ3v) is 5.95. The minimum absolute atomic E-state index is 0.100. The van der Waals surface area contributed by atoms with Crippen LogP contribution in [-0.4, -0.2) is 23.3 Å². The van der Waals surface area contributed by atoms with Gasteiger partial charge in [-0.05, 0) is 44.2 Å². The van der Waals surface area contributed by atoms with Crippen LogP contribution in [-0.2, 0) is 9.59 Å². The third-order valence-electron chi connectivity index (χ3n) is 5.06. The van der Waals surface area contributed by atoms with E-state index in [0.717, 1.165) is 28.3 Å². The molecule has 0 radical (unpaired) electrons. The van der Waals surface area contributed by atoms with E-state index in [0.29, 0.717) is 22.9 Å². The second-order valence-electron chi connectivity index (χ2n) is 7.28. The van der Waals surface area contributed by atoms with E-state index in [1.54, 1.807) is 11.8 Å². The van der Waals surface area contributed by atoms with Gasteiger partial charge in [0.2, 0.25) is 11.8 Å². The van der Waals surface area contributed by atoms with Crippen molar-refractivity contribution in [3.05, 3.63) is 64.5 Å². The van der Waals surface area contributed by atoms with Crippen molar-refractivity contribution in [3.63, 3.8) is 0 Å². The zero-order valence-electron chi connectivity index (χ0n) is 16.4. The predicted octanol–water partition coefficient (Wildman–Crippen LogP) is 4.70. The molecule has 1 aliphatic rings. The number of nitrogens with zero attached hydrogens (tertiary/aromatic N) is 2. The fourth-order valence-electron chi connectivity index (χ4n) is 3.43. The number of benzene rings is 2. The zero-order chi connectivity index (χ0) is 21.4. The summed E-state index contributed by atoms with van der Waals surface area (Å²) in [5, 5.41) is 3.12. The summed E-state index contributed by atoms with van der Waals surface area (Å²) in [5.41, 5.74) is 2.78. The summed E-state index contributed by atoms with van der Waals surface area (Å²) in [6.45, 7) is 4.06. The molecule has 1 aliphatic heterocycles. The van der Waals surface area contributed by atoms with Gasteiger partial charge in [-0.15, -0.1) is 11.3 Å². The maximum absolute atomic E-state index is 13.5. The Morgan fingerprint density at radius 1 is 1.13 bits per heavy atom. The Bertz CT molecular complexity index is 1130. The van der Waals surface area contributed by atoms with Gasteiger partial charge in [0.25, 0.3) is 0 Å². The van der Waals surface area contributed by atoms with Crippen LogP contribution < -0.4 is 10.2 Å². The number of thiazole rings is 1. The molecule has 1 fully saturated rings. The fraction of sp³-hybridized carbons (Fsp3) is 0.227. The molecule has 2 aromatic carbocycles. The van der Waals surface area contributed by atoms with E-state index in [9.17, 15) is 18.4 Å². The highest BCUT2D eigenvalue weighted by molar-refractivity contribution is 7.16. The highest BCUT2D eigenvalue weighted by atomic mass is 32.1. The number of halogens is 2. The van der Waals surface area contributed by atoms with Gasteiger partial charge in [-0.1, -0.05) is 17.7 Å². The quantitative estimate of drug-likeness (QED) is 0.657. The van der Waals surface area contributed by atoms with Crippen LogP contribution in [0.25, 0.3) is 11.3 Å². The van der Waals surface area contributed by atoms with Crippen LogP contribution >= 0.6 is 11.3 Å². The van der Waals surface area contributed by atoms with Gasteiger partial charge in [0.1, 0.15) is 0 Å². The van der Waals surface area contributed by atoms with Gasteiger partial charge in [0, 0.05) is 29.1 Å². The lowest BCUT2D eigenvalue weighted by Gasteiger charge is -2.16. The molecule has 0 bridgehead atoms. The predicted molar refractivity (Wildman–Crippen MR) is 112 cm³/mol. The average molecular weight is 427 g/mol. The van der Waals surface area contributed by atoms with Crippen molar-refractivity contribution in [2.45, 2.75) is 20.3 Å². The summed E-state index contributed by atoms with van der Waals surface area (Å²) in [6, 6.07) is 11.2. The molecule has 3 aromatic rings. The first-order valence-corrected chi connectivity index (χ1v) is 10.2. The Kier molecular flexibility index (Phi) is 5.34. The number of carbonyl (C=O) groups is 2. The summed E-state index contributed by atoms with van der Waals surface area (Å²) in [5.74, 6) is -2.76. The first kappa shape index (κ1) is 20.2. The number of carbonyl (C=O) groups excluding carboxylic acids is 2. The minimum Gasteiger partial charge on any atom is -0.312 e. The van der Waals surface area contributed by atoms with Gasteiger partial charge < -0.3 is 10.2 Å². The second kappa shape index (κ2) is 7.95. The van der Waals surface area contributed by atoms with E-state index < -0.39 is 17.6 Å². The molecule has 0 aliphatic carbocycles. The smallest absolute Gasteiger partial charge is 0.231 e. The molecule has 1 aromatic heterocycles. The van der Waals surface area contributed by atoms with Crippen LogP contribution in [0, 0.1) is 31.4 Å². The summed E-state index contributed by atoms with van der Waals surface area (Å²) in [7, 11) is 0.